The number of halogens is 1. The minimum absolute atomic E-state index is 0.544. The zero-order chi connectivity index (χ0) is 12.8. The first-order valence-electron chi connectivity index (χ1n) is 6.62. The Morgan fingerprint density at radius 2 is 1.94 bits per heavy atom. The van der Waals surface area contributed by atoms with E-state index < -0.39 is 0 Å². The van der Waals surface area contributed by atoms with Crippen molar-refractivity contribution < 1.29 is 4.74 Å². The highest BCUT2D eigenvalue weighted by molar-refractivity contribution is 9.10. The number of benzene rings is 1. The quantitative estimate of drug-likeness (QED) is 0.908. The molecule has 100 valence electrons. The van der Waals surface area contributed by atoms with Crippen molar-refractivity contribution in [2.24, 2.45) is 5.73 Å². The Hall–Kier alpha value is -0.580. The molecule has 18 heavy (non-hydrogen) atoms. The van der Waals surface area contributed by atoms with Crippen LogP contribution in [0, 0.1) is 0 Å². The van der Waals surface area contributed by atoms with E-state index in [4.69, 9.17) is 10.5 Å². The largest absolute Gasteiger partial charge is 0.492 e. The first-order valence-corrected chi connectivity index (χ1v) is 7.42. The maximum atomic E-state index is 5.80. The number of hydrogen-bond acceptors (Lipinski definition) is 3. The van der Waals surface area contributed by atoms with Crippen LogP contribution in [-0.4, -0.2) is 31.1 Å². The zero-order valence-electron chi connectivity index (χ0n) is 10.7. The molecule has 0 amide bonds. The Bertz CT molecular complexity index is 378. The molecule has 2 rings (SSSR count). The molecule has 1 aliphatic rings. The molecule has 0 spiro atoms. The molecule has 2 N–H and O–H groups in total. The second-order valence-electron chi connectivity index (χ2n) is 4.75. The second kappa shape index (κ2) is 7.12. The summed E-state index contributed by atoms with van der Waals surface area (Å²) in [5.41, 5.74) is 6.74. The van der Waals surface area contributed by atoms with Gasteiger partial charge in [0.2, 0.25) is 0 Å². The second-order valence-corrected chi connectivity index (χ2v) is 5.67. The lowest BCUT2D eigenvalue weighted by molar-refractivity contribution is 0.183. The fraction of sp³-hybridized carbons (Fsp3) is 0.571. The van der Waals surface area contributed by atoms with E-state index in [0.717, 1.165) is 28.9 Å². The van der Waals surface area contributed by atoms with Gasteiger partial charge in [-0.3, -0.25) is 4.90 Å². The minimum Gasteiger partial charge on any atom is -0.492 e. The van der Waals surface area contributed by atoms with Crippen molar-refractivity contribution in [1.82, 2.24) is 4.90 Å². The third kappa shape index (κ3) is 4.26. The van der Waals surface area contributed by atoms with Gasteiger partial charge in [0.15, 0.2) is 0 Å². The topological polar surface area (TPSA) is 38.5 Å². The van der Waals surface area contributed by atoms with E-state index in [1.807, 2.05) is 18.2 Å². The summed E-state index contributed by atoms with van der Waals surface area (Å²) in [5, 5.41) is 0. The monoisotopic (exact) mass is 312 g/mol. The van der Waals surface area contributed by atoms with Gasteiger partial charge in [-0.25, -0.2) is 0 Å². The molecule has 0 radical (unpaired) electrons. The molecule has 1 fully saturated rings. The predicted molar refractivity (Wildman–Crippen MR) is 77.8 cm³/mol. The highest BCUT2D eigenvalue weighted by atomic mass is 79.9. The van der Waals surface area contributed by atoms with Gasteiger partial charge in [0.1, 0.15) is 12.4 Å². The molecule has 0 unspecified atom stereocenters. The van der Waals surface area contributed by atoms with Crippen LogP contribution in [0.1, 0.15) is 24.8 Å². The van der Waals surface area contributed by atoms with E-state index in [0.29, 0.717) is 6.54 Å². The van der Waals surface area contributed by atoms with Crippen LogP contribution >= 0.6 is 15.9 Å². The van der Waals surface area contributed by atoms with E-state index in [9.17, 15) is 0 Å². The van der Waals surface area contributed by atoms with Gasteiger partial charge >= 0.3 is 0 Å². The van der Waals surface area contributed by atoms with Crippen molar-refractivity contribution in [3.63, 3.8) is 0 Å². The molecule has 1 aromatic rings. The van der Waals surface area contributed by atoms with E-state index in [2.05, 4.69) is 20.8 Å². The molecule has 0 atom stereocenters. The maximum absolute atomic E-state index is 5.80. The summed E-state index contributed by atoms with van der Waals surface area (Å²) in [6.07, 6.45) is 4.03. The highest BCUT2D eigenvalue weighted by Crippen LogP contribution is 2.21. The molecule has 0 aliphatic carbocycles. The van der Waals surface area contributed by atoms with Gasteiger partial charge in [0.25, 0.3) is 0 Å². The SMILES string of the molecule is NCc1cc(Br)cc(OCCN2CCCCC2)c1. The number of hydrogen-bond donors (Lipinski definition) is 1. The Labute approximate surface area is 117 Å². The summed E-state index contributed by atoms with van der Waals surface area (Å²) in [6, 6.07) is 6.04. The molecule has 1 saturated heterocycles. The lowest BCUT2D eigenvalue weighted by Crippen LogP contribution is -2.33. The molecule has 1 aromatic carbocycles. The van der Waals surface area contributed by atoms with Gasteiger partial charge in [0, 0.05) is 17.6 Å². The van der Waals surface area contributed by atoms with Gasteiger partial charge < -0.3 is 10.5 Å². The van der Waals surface area contributed by atoms with Crippen LogP contribution in [-0.2, 0) is 6.54 Å². The number of nitrogens with two attached hydrogens (primary N) is 1. The summed E-state index contributed by atoms with van der Waals surface area (Å²) >= 11 is 3.48. The van der Waals surface area contributed by atoms with Gasteiger partial charge in [-0.2, -0.15) is 0 Å². The standard InChI is InChI=1S/C14H21BrN2O/c15-13-8-12(11-16)9-14(10-13)18-7-6-17-4-2-1-3-5-17/h8-10H,1-7,11,16H2. The molecule has 1 aliphatic heterocycles. The minimum atomic E-state index is 0.544. The Morgan fingerprint density at radius 3 is 2.67 bits per heavy atom. The predicted octanol–water partition coefficient (Wildman–Crippen LogP) is 2.77. The zero-order valence-corrected chi connectivity index (χ0v) is 12.3. The fourth-order valence-corrected chi connectivity index (χ4v) is 2.82. The van der Waals surface area contributed by atoms with Crippen molar-refractivity contribution in [3.05, 3.63) is 28.2 Å². The fourth-order valence-electron chi connectivity index (χ4n) is 2.30. The van der Waals surface area contributed by atoms with Crippen molar-refractivity contribution >= 4 is 15.9 Å². The van der Waals surface area contributed by atoms with Gasteiger partial charge in [0.05, 0.1) is 0 Å². The average Bonchev–Trinajstić information content (AvgIpc) is 2.39. The third-order valence-electron chi connectivity index (χ3n) is 3.29. The van der Waals surface area contributed by atoms with Crippen molar-refractivity contribution in [1.29, 1.82) is 0 Å². The van der Waals surface area contributed by atoms with Crippen molar-refractivity contribution in [2.75, 3.05) is 26.2 Å². The van der Waals surface area contributed by atoms with Crippen LogP contribution in [0.3, 0.4) is 0 Å². The molecular weight excluding hydrogens is 292 g/mol. The summed E-state index contributed by atoms with van der Waals surface area (Å²) in [7, 11) is 0. The number of ether oxygens (including phenoxy) is 1. The van der Waals surface area contributed by atoms with Crippen molar-refractivity contribution in [3.8, 4) is 5.75 Å². The number of rotatable bonds is 5. The first kappa shape index (κ1) is 13.8. The van der Waals surface area contributed by atoms with Crippen molar-refractivity contribution in [2.45, 2.75) is 25.8 Å². The number of nitrogens with zero attached hydrogens (tertiary/aromatic N) is 1. The molecule has 3 nitrogen and oxygen atoms in total. The number of likely N-dealkylation sites (tertiary alicyclic amines) is 1. The van der Waals surface area contributed by atoms with Crippen LogP contribution < -0.4 is 10.5 Å². The molecule has 0 saturated carbocycles. The first-order chi connectivity index (χ1) is 8.78. The van der Waals surface area contributed by atoms with Crippen LogP contribution in [0.5, 0.6) is 5.75 Å². The smallest absolute Gasteiger partial charge is 0.120 e. The Morgan fingerprint density at radius 1 is 1.17 bits per heavy atom. The number of piperidine rings is 1. The Balaban J connectivity index is 1.80. The Kier molecular flexibility index (Phi) is 5.47. The summed E-state index contributed by atoms with van der Waals surface area (Å²) < 4.78 is 6.83. The van der Waals surface area contributed by atoms with Crippen LogP contribution in [0.25, 0.3) is 0 Å². The molecule has 1 heterocycles. The maximum Gasteiger partial charge on any atom is 0.120 e. The summed E-state index contributed by atoms with van der Waals surface area (Å²) in [6.45, 7) is 4.75. The van der Waals surface area contributed by atoms with Crippen LogP contribution in [0.4, 0.5) is 0 Å². The van der Waals surface area contributed by atoms with E-state index >= 15 is 0 Å². The summed E-state index contributed by atoms with van der Waals surface area (Å²) in [5.74, 6) is 0.904. The van der Waals surface area contributed by atoms with E-state index in [-0.39, 0.29) is 0 Å². The molecule has 4 heteroatoms. The average molecular weight is 313 g/mol. The molecular formula is C14H21BrN2O. The van der Waals surface area contributed by atoms with E-state index in [1.54, 1.807) is 0 Å². The highest BCUT2D eigenvalue weighted by Gasteiger charge is 2.09. The normalized spacial score (nSPS) is 16.8. The van der Waals surface area contributed by atoms with Crippen LogP contribution in [0.2, 0.25) is 0 Å². The van der Waals surface area contributed by atoms with E-state index in [1.165, 1.54) is 32.4 Å². The van der Waals surface area contributed by atoms with Gasteiger partial charge in [-0.05, 0) is 49.7 Å². The van der Waals surface area contributed by atoms with Gasteiger partial charge in [-0.1, -0.05) is 22.4 Å². The molecule has 0 bridgehead atoms. The lowest BCUT2D eigenvalue weighted by Gasteiger charge is -2.26. The van der Waals surface area contributed by atoms with Gasteiger partial charge in [-0.15, -0.1) is 0 Å². The third-order valence-corrected chi connectivity index (χ3v) is 3.75. The summed E-state index contributed by atoms with van der Waals surface area (Å²) in [4.78, 5) is 2.48. The van der Waals surface area contributed by atoms with Crippen LogP contribution in [0.15, 0.2) is 22.7 Å². The lowest BCUT2D eigenvalue weighted by atomic mass is 10.1. The molecule has 0 aromatic heterocycles.